The monoisotopic (exact) mass is 268 g/mol. The zero-order chi connectivity index (χ0) is 13.5. The van der Waals surface area contributed by atoms with Crippen molar-refractivity contribution in [2.24, 2.45) is 0 Å². The summed E-state index contributed by atoms with van der Waals surface area (Å²) in [4.78, 5) is 14.2. The van der Waals surface area contributed by atoms with Gasteiger partial charge in [0.15, 0.2) is 0 Å². The van der Waals surface area contributed by atoms with E-state index in [1.54, 1.807) is 0 Å². The molecule has 1 saturated carbocycles. The summed E-state index contributed by atoms with van der Waals surface area (Å²) >= 11 is 0. The predicted octanol–water partition coefficient (Wildman–Crippen LogP) is 1.94. The van der Waals surface area contributed by atoms with Crippen LogP contribution in [-0.2, 0) is 9.53 Å². The van der Waals surface area contributed by atoms with Crippen molar-refractivity contribution in [3.63, 3.8) is 0 Å². The molecule has 0 spiro atoms. The minimum atomic E-state index is 0.0366. The zero-order valence-electron chi connectivity index (χ0n) is 12.2. The summed E-state index contributed by atoms with van der Waals surface area (Å²) in [5.74, 6) is 0.0366. The number of rotatable bonds is 5. The lowest BCUT2D eigenvalue weighted by molar-refractivity contribution is -0.126. The summed E-state index contributed by atoms with van der Waals surface area (Å²) in [7, 11) is 0. The zero-order valence-corrected chi connectivity index (χ0v) is 12.2. The molecule has 1 aliphatic heterocycles. The van der Waals surface area contributed by atoms with Gasteiger partial charge in [-0.15, -0.1) is 0 Å². The molecule has 0 aromatic carbocycles. The van der Waals surface area contributed by atoms with Gasteiger partial charge in [-0.3, -0.25) is 9.69 Å². The maximum absolute atomic E-state index is 11.6. The Morgan fingerprint density at radius 1 is 1.21 bits per heavy atom. The molecule has 1 unspecified atom stereocenters. The summed E-state index contributed by atoms with van der Waals surface area (Å²) in [6.45, 7) is 4.89. The van der Waals surface area contributed by atoms with Crippen LogP contribution in [0.1, 0.15) is 51.9 Å². The highest BCUT2D eigenvalue weighted by Crippen LogP contribution is 2.24. The normalized spacial score (nSPS) is 26.3. The quantitative estimate of drug-likeness (QED) is 0.775. The Bertz CT molecular complexity index is 275. The Hall–Kier alpha value is -0.610. The molecule has 2 aliphatic rings. The minimum Gasteiger partial charge on any atom is -0.372 e. The van der Waals surface area contributed by atoms with Crippen molar-refractivity contribution < 1.29 is 9.53 Å². The van der Waals surface area contributed by atoms with Gasteiger partial charge < -0.3 is 10.1 Å². The van der Waals surface area contributed by atoms with Crippen molar-refractivity contribution in [1.29, 1.82) is 0 Å². The molecule has 1 heterocycles. The second kappa shape index (κ2) is 7.85. The fourth-order valence-corrected chi connectivity index (χ4v) is 3.32. The van der Waals surface area contributed by atoms with Gasteiger partial charge >= 0.3 is 0 Å². The van der Waals surface area contributed by atoms with Crippen LogP contribution >= 0.6 is 0 Å². The van der Waals surface area contributed by atoms with E-state index in [-0.39, 0.29) is 12.5 Å². The van der Waals surface area contributed by atoms with Crippen LogP contribution < -0.4 is 5.32 Å². The van der Waals surface area contributed by atoms with Crippen LogP contribution in [-0.4, -0.2) is 49.2 Å². The van der Waals surface area contributed by atoms with Crippen LogP contribution in [0.2, 0.25) is 0 Å². The lowest BCUT2D eigenvalue weighted by atomic mass is 10.1. The smallest absolute Gasteiger partial charge is 0.246 e. The van der Waals surface area contributed by atoms with Crippen LogP contribution in [0, 0.1) is 0 Å². The third-order valence-electron chi connectivity index (χ3n) is 4.36. The number of nitrogens with one attached hydrogen (secondary N) is 1. The molecule has 19 heavy (non-hydrogen) atoms. The summed E-state index contributed by atoms with van der Waals surface area (Å²) in [6.07, 6.45) is 9.34. The highest BCUT2D eigenvalue weighted by atomic mass is 16.5. The molecule has 2 fully saturated rings. The number of carbonyl (C=O) groups excluding carboxylic acids is 1. The van der Waals surface area contributed by atoms with E-state index in [4.69, 9.17) is 4.74 Å². The molecule has 1 aliphatic carbocycles. The largest absolute Gasteiger partial charge is 0.372 e. The minimum absolute atomic E-state index is 0.0366. The maximum Gasteiger partial charge on any atom is 0.246 e. The van der Waals surface area contributed by atoms with Crippen LogP contribution in [0.3, 0.4) is 0 Å². The molecule has 1 N–H and O–H groups in total. The van der Waals surface area contributed by atoms with Gasteiger partial charge in [0.25, 0.3) is 0 Å². The maximum atomic E-state index is 11.6. The number of likely N-dealkylation sites (tertiary alicyclic amines) is 1. The third-order valence-corrected chi connectivity index (χ3v) is 4.36. The first kappa shape index (κ1) is 14.8. The van der Waals surface area contributed by atoms with E-state index < -0.39 is 0 Å². The Morgan fingerprint density at radius 2 is 1.95 bits per heavy atom. The lowest BCUT2D eigenvalue weighted by Gasteiger charge is -2.26. The third kappa shape index (κ3) is 4.77. The van der Waals surface area contributed by atoms with Gasteiger partial charge in [-0.1, -0.05) is 25.7 Å². The highest BCUT2D eigenvalue weighted by molar-refractivity contribution is 5.77. The van der Waals surface area contributed by atoms with E-state index in [1.807, 2.05) is 6.92 Å². The molecular weight excluding hydrogens is 240 g/mol. The number of hydrogen-bond acceptors (Lipinski definition) is 3. The molecule has 2 rings (SSSR count). The summed E-state index contributed by atoms with van der Waals surface area (Å²) < 4.78 is 5.14. The number of hydrogen-bond donors (Lipinski definition) is 1. The Kier molecular flexibility index (Phi) is 6.11. The first-order chi connectivity index (χ1) is 9.29. The average Bonchev–Trinajstić information content (AvgIpc) is 2.70. The van der Waals surface area contributed by atoms with Crippen molar-refractivity contribution in [3.8, 4) is 0 Å². The van der Waals surface area contributed by atoms with Crippen molar-refractivity contribution in [2.45, 2.75) is 64.0 Å². The van der Waals surface area contributed by atoms with Crippen molar-refractivity contribution in [1.82, 2.24) is 10.2 Å². The van der Waals surface area contributed by atoms with Crippen LogP contribution in [0.25, 0.3) is 0 Å². The van der Waals surface area contributed by atoms with Crippen molar-refractivity contribution >= 4 is 5.91 Å². The van der Waals surface area contributed by atoms with E-state index in [1.165, 1.54) is 38.5 Å². The predicted molar refractivity (Wildman–Crippen MR) is 76.1 cm³/mol. The number of ether oxygens (including phenoxy) is 1. The van der Waals surface area contributed by atoms with Gasteiger partial charge in [0.2, 0.25) is 5.91 Å². The Morgan fingerprint density at radius 3 is 2.63 bits per heavy atom. The molecular formula is C15H28N2O2. The first-order valence-corrected chi connectivity index (χ1v) is 7.90. The molecule has 0 bridgehead atoms. The Labute approximate surface area is 116 Å². The fraction of sp³-hybridized carbons (Fsp3) is 0.933. The summed E-state index contributed by atoms with van der Waals surface area (Å²) in [5, 5.41) is 3.09. The topological polar surface area (TPSA) is 41.6 Å². The molecule has 4 heteroatoms. The summed E-state index contributed by atoms with van der Waals surface area (Å²) in [6, 6.07) is 1.09. The molecule has 110 valence electrons. The highest BCUT2D eigenvalue weighted by Gasteiger charge is 2.29. The van der Waals surface area contributed by atoms with E-state index in [9.17, 15) is 4.79 Å². The second-order valence-corrected chi connectivity index (χ2v) is 5.83. The van der Waals surface area contributed by atoms with Gasteiger partial charge in [-0.25, -0.2) is 0 Å². The molecule has 1 saturated heterocycles. The van der Waals surface area contributed by atoms with Gasteiger partial charge in [0.05, 0.1) is 0 Å². The molecule has 4 nitrogen and oxygen atoms in total. The standard InChI is InChI=1S/C15H28N2O2/c1-2-19-12-15(18)16-13-9-10-17(11-13)14-7-5-3-4-6-8-14/h13-14H,2-12H2,1H3,(H,16,18). The first-order valence-electron chi connectivity index (χ1n) is 7.90. The fourth-order valence-electron chi connectivity index (χ4n) is 3.32. The number of nitrogens with zero attached hydrogens (tertiary/aromatic N) is 1. The van der Waals surface area contributed by atoms with Crippen molar-refractivity contribution in [3.05, 3.63) is 0 Å². The number of amides is 1. The van der Waals surface area contributed by atoms with E-state index in [2.05, 4.69) is 10.2 Å². The van der Waals surface area contributed by atoms with E-state index in [0.717, 1.165) is 25.6 Å². The number of carbonyl (C=O) groups is 1. The Balaban J connectivity index is 1.71. The van der Waals surface area contributed by atoms with Crippen molar-refractivity contribution in [2.75, 3.05) is 26.3 Å². The van der Waals surface area contributed by atoms with Gasteiger partial charge in [0.1, 0.15) is 6.61 Å². The van der Waals surface area contributed by atoms with Crippen LogP contribution in [0.5, 0.6) is 0 Å². The van der Waals surface area contributed by atoms with Gasteiger partial charge in [0, 0.05) is 31.8 Å². The summed E-state index contributed by atoms with van der Waals surface area (Å²) in [5.41, 5.74) is 0. The second-order valence-electron chi connectivity index (χ2n) is 5.83. The molecule has 0 aromatic rings. The van der Waals surface area contributed by atoms with Crippen LogP contribution in [0.15, 0.2) is 0 Å². The molecule has 1 atom stereocenters. The lowest BCUT2D eigenvalue weighted by Crippen LogP contribution is -2.41. The molecule has 1 amide bonds. The van der Waals surface area contributed by atoms with Crippen LogP contribution in [0.4, 0.5) is 0 Å². The SMILES string of the molecule is CCOCC(=O)NC1CCN(C2CCCCCC2)C1. The van der Waals surface area contributed by atoms with Gasteiger partial charge in [-0.05, 0) is 26.2 Å². The van der Waals surface area contributed by atoms with E-state index >= 15 is 0 Å². The van der Waals surface area contributed by atoms with Gasteiger partial charge in [-0.2, -0.15) is 0 Å². The molecule has 0 radical (unpaired) electrons. The van der Waals surface area contributed by atoms with E-state index in [0.29, 0.717) is 12.6 Å². The average molecular weight is 268 g/mol. The molecule has 0 aromatic heterocycles.